The van der Waals surface area contributed by atoms with Crippen LogP contribution in [0.3, 0.4) is 0 Å². The molecule has 0 aliphatic heterocycles. The first-order valence-electron chi connectivity index (χ1n) is 5.09. The van der Waals surface area contributed by atoms with Crippen molar-refractivity contribution >= 4 is 0 Å². The summed E-state index contributed by atoms with van der Waals surface area (Å²) in [5.41, 5.74) is 0. The highest BCUT2D eigenvalue weighted by molar-refractivity contribution is 4.69. The van der Waals surface area contributed by atoms with Gasteiger partial charge < -0.3 is 10.1 Å². The maximum atomic E-state index is 11.8. The van der Waals surface area contributed by atoms with Gasteiger partial charge in [0.2, 0.25) is 0 Å². The van der Waals surface area contributed by atoms with Crippen molar-refractivity contribution in [2.75, 3.05) is 26.4 Å². The van der Waals surface area contributed by atoms with E-state index in [1.165, 1.54) is 0 Å². The molecular weight excluding hydrogens is 169 g/mol. The predicted octanol–water partition coefficient (Wildman–Crippen LogP) is 2.00. The van der Waals surface area contributed by atoms with Crippen molar-refractivity contribution in [2.24, 2.45) is 5.92 Å². The van der Waals surface area contributed by atoms with Crippen molar-refractivity contribution in [3.63, 3.8) is 0 Å². The zero-order valence-electron chi connectivity index (χ0n) is 8.98. The van der Waals surface area contributed by atoms with Gasteiger partial charge in [-0.15, -0.1) is 0 Å². The molecule has 0 aliphatic rings. The molecule has 0 rings (SSSR count). The predicted molar refractivity (Wildman–Crippen MR) is 53.7 cm³/mol. The van der Waals surface area contributed by atoms with Gasteiger partial charge in [-0.05, 0) is 25.8 Å². The molecule has 0 radical (unpaired) electrons. The molecule has 80 valence electrons. The monoisotopic (exact) mass is 191 g/mol. The minimum Gasteiger partial charge on any atom is -0.380 e. The molecular formula is C10H22FNO. The Hall–Kier alpha value is -0.150. The average molecular weight is 191 g/mol. The van der Waals surface area contributed by atoms with Gasteiger partial charge in [0.1, 0.15) is 0 Å². The van der Waals surface area contributed by atoms with Gasteiger partial charge in [0.05, 0.1) is 13.3 Å². The molecule has 0 aromatic carbocycles. The third kappa shape index (κ3) is 6.96. The molecule has 2 nitrogen and oxygen atoms in total. The highest BCUT2D eigenvalue weighted by Gasteiger charge is 2.11. The van der Waals surface area contributed by atoms with Crippen LogP contribution in [0, 0.1) is 5.92 Å². The van der Waals surface area contributed by atoms with E-state index in [9.17, 15) is 4.39 Å². The molecule has 0 spiro atoms. The number of hydrogen-bond acceptors (Lipinski definition) is 2. The van der Waals surface area contributed by atoms with Crippen LogP contribution in [0.5, 0.6) is 0 Å². The number of halogens is 1. The Morgan fingerprint density at radius 1 is 1.38 bits per heavy atom. The maximum absolute atomic E-state index is 11.8. The highest BCUT2D eigenvalue weighted by atomic mass is 19.1. The second-order valence-corrected chi connectivity index (χ2v) is 3.51. The van der Waals surface area contributed by atoms with E-state index >= 15 is 0 Å². The summed E-state index contributed by atoms with van der Waals surface area (Å²) in [5, 5.41) is 3.29. The van der Waals surface area contributed by atoms with Crippen LogP contribution in [0.4, 0.5) is 4.39 Å². The van der Waals surface area contributed by atoms with Crippen LogP contribution in [0.15, 0.2) is 0 Å². The van der Waals surface area contributed by atoms with E-state index in [4.69, 9.17) is 4.74 Å². The van der Waals surface area contributed by atoms with Gasteiger partial charge in [-0.2, -0.15) is 0 Å². The Morgan fingerprint density at radius 2 is 2.08 bits per heavy atom. The lowest BCUT2D eigenvalue weighted by Gasteiger charge is -2.21. The summed E-state index contributed by atoms with van der Waals surface area (Å²) in [6, 6.07) is 0.353. The van der Waals surface area contributed by atoms with Crippen LogP contribution >= 0.6 is 0 Å². The van der Waals surface area contributed by atoms with E-state index in [0.29, 0.717) is 18.4 Å². The molecule has 0 heterocycles. The maximum Gasteiger partial charge on any atom is 0.0906 e. The van der Waals surface area contributed by atoms with Gasteiger partial charge in [-0.25, -0.2) is 0 Å². The molecule has 13 heavy (non-hydrogen) atoms. The Labute approximate surface area is 80.9 Å². The molecule has 1 atom stereocenters. The van der Waals surface area contributed by atoms with Crippen molar-refractivity contribution in [2.45, 2.75) is 33.2 Å². The Morgan fingerprint density at radius 3 is 2.54 bits per heavy atom. The van der Waals surface area contributed by atoms with Crippen LogP contribution in [0.25, 0.3) is 0 Å². The minimum absolute atomic E-state index is 0.244. The van der Waals surface area contributed by atoms with Gasteiger partial charge in [-0.1, -0.05) is 13.8 Å². The Balaban J connectivity index is 3.54. The number of alkyl halides is 1. The summed E-state index contributed by atoms with van der Waals surface area (Å²) in [6.07, 6.45) is 0.593. The van der Waals surface area contributed by atoms with Crippen LogP contribution in [-0.2, 0) is 4.74 Å². The summed E-state index contributed by atoms with van der Waals surface area (Å²) in [7, 11) is 0. The topological polar surface area (TPSA) is 21.3 Å². The van der Waals surface area contributed by atoms with Crippen LogP contribution in [0.2, 0.25) is 0 Å². The number of nitrogens with one attached hydrogen (secondary N) is 1. The molecule has 0 bridgehead atoms. The first kappa shape index (κ1) is 12.8. The first-order valence-corrected chi connectivity index (χ1v) is 5.09. The minimum atomic E-state index is -0.244. The van der Waals surface area contributed by atoms with Gasteiger partial charge in [-0.3, -0.25) is 4.39 Å². The van der Waals surface area contributed by atoms with Crippen molar-refractivity contribution in [1.29, 1.82) is 0 Å². The normalized spacial score (nSPS) is 13.6. The average Bonchev–Trinajstić information content (AvgIpc) is 2.10. The van der Waals surface area contributed by atoms with Crippen molar-refractivity contribution in [1.82, 2.24) is 5.32 Å². The lowest BCUT2D eigenvalue weighted by molar-refractivity contribution is 0.108. The summed E-state index contributed by atoms with van der Waals surface area (Å²) in [5.74, 6) is 0.533. The van der Waals surface area contributed by atoms with Crippen molar-refractivity contribution in [3.05, 3.63) is 0 Å². The molecule has 0 fully saturated rings. The SMILES string of the molecule is CCOCC(NCCCF)C(C)C. The van der Waals surface area contributed by atoms with Crippen LogP contribution in [-0.4, -0.2) is 32.5 Å². The van der Waals surface area contributed by atoms with Crippen LogP contribution < -0.4 is 5.32 Å². The quantitative estimate of drug-likeness (QED) is 0.592. The van der Waals surface area contributed by atoms with E-state index in [2.05, 4.69) is 19.2 Å². The second-order valence-electron chi connectivity index (χ2n) is 3.51. The van der Waals surface area contributed by atoms with E-state index in [-0.39, 0.29) is 6.67 Å². The van der Waals surface area contributed by atoms with Gasteiger partial charge in [0, 0.05) is 12.6 Å². The molecule has 3 heteroatoms. The largest absolute Gasteiger partial charge is 0.380 e. The molecule has 0 saturated heterocycles. The fourth-order valence-corrected chi connectivity index (χ4v) is 1.09. The van der Waals surface area contributed by atoms with Crippen LogP contribution in [0.1, 0.15) is 27.2 Å². The highest BCUT2D eigenvalue weighted by Crippen LogP contribution is 2.02. The number of ether oxygens (including phenoxy) is 1. The zero-order valence-corrected chi connectivity index (χ0v) is 8.98. The summed E-state index contributed by atoms with van der Waals surface area (Å²) in [6.45, 7) is 8.24. The first-order chi connectivity index (χ1) is 6.22. The third-order valence-electron chi connectivity index (χ3n) is 2.02. The lowest BCUT2D eigenvalue weighted by Crippen LogP contribution is -2.38. The Bertz CT molecular complexity index is 109. The van der Waals surface area contributed by atoms with E-state index in [1.54, 1.807) is 0 Å². The molecule has 0 aromatic rings. The molecule has 0 amide bonds. The van der Waals surface area contributed by atoms with Gasteiger partial charge in [0.25, 0.3) is 0 Å². The van der Waals surface area contributed by atoms with Gasteiger partial charge in [0.15, 0.2) is 0 Å². The third-order valence-corrected chi connectivity index (χ3v) is 2.02. The number of rotatable bonds is 8. The smallest absolute Gasteiger partial charge is 0.0906 e. The molecule has 0 aliphatic carbocycles. The molecule has 0 saturated carbocycles. The zero-order chi connectivity index (χ0) is 10.1. The van der Waals surface area contributed by atoms with Crippen molar-refractivity contribution < 1.29 is 9.13 Å². The van der Waals surface area contributed by atoms with Crippen molar-refractivity contribution in [3.8, 4) is 0 Å². The molecule has 1 unspecified atom stereocenters. The molecule has 0 aromatic heterocycles. The second kappa shape index (κ2) is 8.45. The van der Waals surface area contributed by atoms with E-state index in [0.717, 1.165) is 19.8 Å². The molecule has 1 N–H and O–H groups in total. The summed E-state index contributed by atoms with van der Waals surface area (Å²) < 4.78 is 17.2. The van der Waals surface area contributed by atoms with Gasteiger partial charge >= 0.3 is 0 Å². The summed E-state index contributed by atoms with van der Waals surface area (Å²) in [4.78, 5) is 0. The standard InChI is InChI=1S/C10H22FNO/c1-4-13-8-10(9(2)3)12-7-5-6-11/h9-10,12H,4-8H2,1-3H3. The van der Waals surface area contributed by atoms with E-state index in [1.807, 2.05) is 6.92 Å². The Kier molecular flexibility index (Phi) is 8.35. The van der Waals surface area contributed by atoms with E-state index < -0.39 is 0 Å². The fourth-order valence-electron chi connectivity index (χ4n) is 1.09. The number of hydrogen-bond donors (Lipinski definition) is 1. The lowest BCUT2D eigenvalue weighted by atomic mass is 10.1. The summed E-state index contributed by atoms with van der Waals surface area (Å²) >= 11 is 0. The fraction of sp³-hybridized carbons (Fsp3) is 1.00.